The van der Waals surface area contributed by atoms with Crippen molar-refractivity contribution in [3.05, 3.63) is 70.0 Å². The Kier molecular flexibility index (Phi) is 6.38. The molecule has 132 valence electrons. The lowest BCUT2D eigenvalue weighted by atomic mass is 10.1. The highest BCUT2D eigenvalue weighted by Gasteiger charge is 2.22. The number of nitrogens with zero attached hydrogens (tertiary/aromatic N) is 2. The number of benzene rings is 1. The molecule has 2 aromatic rings. The lowest BCUT2D eigenvalue weighted by molar-refractivity contribution is -0.385. The van der Waals surface area contributed by atoms with Gasteiger partial charge >= 0.3 is 6.09 Å². The average Bonchev–Trinajstić information content (AvgIpc) is 2.64. The van der Waals surface area contributed by atoms with Gasteiger partial charge in [0.15, 0.2) is 0 Å². The van der Waals surface area contributed by atoms with E-state index in [0.717, 1.165) is 17.8 Å². The largest absolute Gasteiger partial charge is 0.445 e. The molecule has 1 amide bonds. The summed E-state index contributed by atoms with van der Waals surface area (Å²) in [5.74, 6) is 0. The van der Waals surface area contributed by atoms with Gasteiger partial charge in [0, 0.05) is 24.9 Å². The third-order valence-corrected chi connectivity index (χ3v) is 3.31. The fourth-order valence-corrected chi connectivity index (χ4v) is 1.98. The number of rotatable bonds is 7. The maximum absolute atomic E-state index is 11.6. The minimum absolute atomic E-state index is 0.0672. The maximum atomic E-state index is 11.6. The van der Waals surface area contributed by atoms with E-state index in [-0.39, 0.29) is 24.5 Å². The molecule has 0 radical (unpaired) electrons. The molecule has 2 unspecified atom stereocenters. The predicted molar refractivity (Wildman–Crippen MR) is 86.5 cm³/mol. The number of hydrogen-bond acceptors (Lipinski definition) is 7. The molecule has 0 aliphatic heterocycles. The van der Waals surface area contributed by atoms with E-state index in [9.17, 15) is 25.1 Å². The number of aliphatic hydroxyl groups is 2. The summed E-state index contributed by atoms with van der Waals surface area (Å²) < 4.78 is 4.97. The van der Waals surface area contributed by atoms with E-state index in [1.54, 1.807) is 12.1 Å². The van der Waals surface area contributed by atoms with Crippen molar-refractivity contribution < 1.29 is 24.7 Å². The highest BCUT2D eigenvalue weighted by Crippen LogP contribution is 2.19. The fourth-order valence-electron chi connectivity index (χ4n) is 1.98. The van der Waals surface area contributed by atoms with Crippen LogP contribution in [-0.2, 0) is 11.3 Å². The zero-order valence-corrected chi connectivity index (χ0v) is 13.1. The van der Waals surface area contributed by atoms with Gasteiger partial charge in [0.05, 0.1) is 10.6 Å². The first-order chi connectivity index (χ1) is 12.0. The molecule has 3 N–H and O–H groups in total. The predicted octanol–water partition coefficient (Wildman–Crippen LogP) is 1.31. The van der Waals surface area contributed by atoms with Crippen LogP contribution in [0.3, 0.4) is 0 Å². The molecular weight excluding hydrogens is 330 g/mol. The third kappa shape index (κ3) is 5.52. The highest BCUT2D eigenvalue weighted by atomic mass is 16.6. The molecule has 1 heterocycles. The number of carbonyl (C=O) groups excluding carboxylic acids is 1. The van der Waals surface area contributed by atoms with Crippen molar-refractivity contribution in [2.45, 2.75) is 18.8 Å². The van der Waals surface area contributed by atoms with Crippen LogP contribution in [0.2, 0.25) is 0 Å². The van der Waals surface area contributed by atoms with Gasteiger partial charge in [-0.15, -0.1) is 0 Å². The second-order valence-electron chi connectivity index (χ2n) is 5.15. The van der Waals surface area contributed by atoms with E-state index >= 15 is 0 Å². The second-order valence-corrected chi connectivity index (χ2v) is 5.15. The van der Waals surface area contributed by atoms with E-state index in [1.165, 1.54) is 6.07 Å². The molecular formula is C16H17N3O6. The van der Waals surface area contributed by atoms with E-state index < -0.39 is 23.2 Å². The lowest BCUT2D eigenvalue weighted by Gasteiger charge is -2.17. The van der Waals surface area contributed by atoms with Crippen LogP contribution >= 0.6 is 0 Å². The van der Waals surface area contributed by atoms with Gasteiger partial charge in [0.25, 0.3) is 5.69 Å². The number of aliphatic hydroxyl groups excluding tert-OH is 2. The third-order valence-electron chi connectivity index (χ3n) is 3.31. The summed E-state index contributed by atoms with van der Waals surface area (Å²) in [5, 5.41) is 32.9. The summed E-state index contributed by atoms with van der Waals surface area (Å²) in [4.78, 5) is 25.5. The molecule has 0 spiro atoms. The van der Waals surface area contributed by atoms with Crippen LogP contribution in [0, 0.1) is 10.1 Å². The smallest absolute Gasteiger partial charge is 0.407 e. The summed E-state index contributed by atoms with van der Waals surface area (Å²) in [6.45, 7) is -0.239. The number of nitro groups is 1. The summed E-state index contributed by atoms with van der Waals surface area (Å²) in [7, 11) is 0. The molecule has 0 bridgehead atoms. The number of pyridine rings is 1. The van der Waals surface area contributed by atoms with Crippen LogP contribution in [0.5, 0.6) is 0 Å². The molecule has 1 aromatic carbocycles. The quantitative estimate of drug-likeness (QED) is 0.507. The van der Waals surface area contributed by atoms with Crippen molar-refractivity contribution >= 4 is 11.8 Å². The number of carbonyl (C=O) groups is 1. The van der Waals surface area contributed by atoms with Crippen molar-refractivity contribution in [2.24, 2.45) is 0 Å². The SMILES string of the molecule is O=C(NCC(O)C(O)c1cc([N+](=O)[O-])ccn1)OCc1ccccc1. The molecule has 2 rings (SSSR count). The highest BCUT2D eigenvalue weighted by molar-refractivity contribution is 5.67. The van der Waals surface area contributed by atoms with Crippen molar-refractivity contribution in [3.8, 4) is 0 Å². The zero-order valence-electron chi connectivity index (χ0n) is 13.1. The molecule has 1 aromatic heterocycles. The van der Waals surface area contributed by atoms with Crippen LogP contribution in [0.1, 0.15) is 17.4 Å². The van der Waals surface area contributed by atoms with Crippen LogP contribution in [0.25, 0.3) is 0 Å². The molecule has 9 nitrogen and oxygen atoms in total. The molecule has 0 saturated carbocycles. The maximum Gasteiger partial charge on any atom is 0.407 e. The van der Waals surface area contributed by atoms with Crippen LogP contribution in [0.15, 0.2) is 48.7 Å². The first kappa shape index (κ1) is 18.3. The summed E-state index contributed by atoms with van der Waals surface area (Å²) in [6.07, 6.45) is -2.50. The second kappa shape index (κ2) is 8.71. The van der Waals surface area contributed by atoms with Crippen LogP contribution < -0.4 is 5.32 Å². The number of hydrogen-bond donors (Lipinski definition) is 3. The molecule has 25 heavy (non-hydrogen) atoms. The molecule has 0 aliphatic rings. The number of amides is 1. The van der Waals surface area contributed by atoms with Crippen molar-refractivity contribution in [3.63, 3.8) is 0 Å². The average molecular weight is 347 g/mol. The van der Waals surface area contributed by atoms with Crippen LogP contribution in [-0.4, -0.2) is 38.9 Å². The van der Waals surface area contributed by atoms with E-state index in [1.807, 2.05) is 18.2 Å². The first-order valence-electron chi connectivity index (χ1n) is 7.38. The lowest BCUT2D eigenvalue weighted by Crippen LogP contribution is -2.36. The molecule has 0 saturated heterocycles. The van der Waals surface area contributed by atoms with Gasteiger partial charge in [-0.1, -0.05) is 30.3 Å². The number of nitrogens with one attached hydrogen (secondary N) is 1. The van der Waals surface area contributed by atoms with E-state index in [0.29, 0.717) is 0 Å². The van der Waals surface area contributed by atoms with Gasteiger partial charge in [-0.05, 0) is 5.56 Å². The number of aromatic nitrogens is 1. The minimum atomic E-state index is -1.49. The Bertz CT molecular complexity index is 725. The summed E-state index contributed by atoms with van der Waals surface area (Å²) in [6, 6.07) is 11.3. The molecule has 0 aliphatic carbocycles. The summed E-state index contributed by atoms with van der Waals surface area (Å²) >= 11 is 0. The number of alkyl carbamates (subject to hydrolysis) is 1. The molecule has 0 fully saturated rings. The Labute approximate surface area is 143 Å². The first-order valence-corrected chi connectivity index (χ1v) is 7.38. The Hall–Kier alpha value is -3.04. The monoisotopic (exact) mass is 347 g/mol. The van der Waals surface area contributed by atoms with Gasteiger partial charge in [-0.2, -0.15) is 0 Å². The topological polar surface area (TPSA) is 135 Å². The zero-order chi connectivity index (χ0) is 18.2. The molecule has 2 atom stereocenters. The minimum Gasteiger partial charge on any atom is -0.445 e. The Balaban J connectivity index is 1.82. The Morgan fingerprint density at radius 1 is 1.28 bits per heavy atom. The van der Waals surface area contributed by atoms with E-state index in [4.69, 9.17) is 4.74 Å². The van der Waals surface area contributed by atoms with Gasteiger partial charge in [0.1, 0.15) is 18.8 Å². The Morgan fingerprint density at radius 2 is 2.00 bits per heavy atom. The standard InChI is InChI=1S/C16H17N3O6/c20-14(15(21)13-8-12(19(23)24)6-7-17-13)9-18-16(22)25-10-11-4-2-1-3-5-11/h1-8,14-15,20-21H,9-10H2,(H,18,22). The summed E-state index contributed by atoms with van der Waals surface area (Å²) in [5.41, 5.74) is 0.478. The van der Waals surface area contributed by atoms with Crippen LogP contribution in [0.4, 0.5) is 10.5 Å². The van der Waals surface area contributed by atoms with Gasteiger partial charge in [0.2, 0.25) is 0 Å². The Morgan fingerprint density at radius 3 is 2.68 bits per heavy atom. The van der Waals surface area contributed by atoms with Gasteiger partial charge < -0.3 is 20.3 Å². The van der Waals surface area contributed by atoms with Crippen molar-refractivity contribution in [1.29, 1.82) is 0 Å². The molecule has 9 heteroatoms. The van der Waals surface area contributed by atoms with Crippen molar-refractivity contribution in [1.82, 2.24) is 10.3 Å². The normalized spacial score (nSPS) is 12.9. The van der Waals surface area contributed by atoms with Gasteiger partial charge in [-0.25, -0.2) is 4.79 Å². The van der Waals surface area contributed by atoms with E-state index in [2.05, 4.69) is 10.3 Å². The van der Waals surface area contributed by atoms with Crippen molar-refractivity contribution in [2.75, 3.05) is 6.54 Å². The number of ether oxygens (including phenoxy) is 1. The fraction of sp³-hybridized carbons (Fsp3) is 0.250. The van der Waals surface area contributed by atoms with Gasteiger partial charge in [-0.3, -0.25) is 15.1 Å².